The lowest BCUT2D eigenvalue weighted by molar-refractivity contribution is -0.130. The quantitative estimate of drug-likeness (QED) is 0.803. The topological polar surface area (TPSA) is 61.4 Å². The van der Waals surface area contributed by atoms with E-state index in [-0.39, 0.29) is 42.2 Å². The Morgan fingerprint density at radius 2 is 2.23 bits per heavy atom. The van der Waals surface area contributed by atoms with Crippen molar-refractivity contribution in [2.24, 2.45) is 11.8 Å². The van der Waals surface area contributed by atoms with Crippen molar-refractivity contribution in [1.29, 1.82) is 0 Å². The normalized spacial score (nSPS) is 29.9. The number of carbonyl (C=O) groups is 2. The molecule has 2 aliphatic heterocycles. The lowest BCUT2D eigenvalue weighted by atomic mass is 9.94. The van der Waals surface area contributed by atoms with Crippen LogP contribution < -0.4 is 10.6 Å². The number of hydrogen-bond acceptors (Lipinski definition) is 3. The second-order valence-corrected chi connectivity index (χ2v) is 6.67. The summed E-state index contributed by atoms with van der Waals surface area (Å²) in [4.78, 5) is 26.4. The van der Waals surface area contributed by atoms with Crippen molar-refractivity contribution in [3.05, 3.63) is 0 Å². The number of amides is 2. The molecule has 0 radical (unpaired) electrons. The third kappa shape index (κ3) is 4.59. The predicted molar refractivity (Wildman–Crippen MR) is 90.0 cm³/mol. The van der Waals surface area contributed by atoms with Crippen LogP contribution in [-0.2, 0) is 9.59 Å². The Morgan fingerprint density at radius 3 is 2.86 bits per heavy atom. The SMILES string of the molecule is CCCC(C)N1CC(C(=O)NC2CNCCC2C)CC1=O.Cl. The third-order valence-corrected chi connectivity index (χ3v) is 4.92. The smallest absolute Gasteiger partial charge is 0.225 e. The molecule has 22 heavy (non-hydrogen) atoms. The first-order chi connectivity index (χ1) is 10.0. The summed E-state index contributed by atoms with van der Waals surface area (Å²) in [5.74, 6) is 0.509. The fourth-order valence-electron chi connectivity index (χ4n) is 3.39. The van der Waals surface area contributed by atoms with Crippen molar-refractivity contribution >= 4 is 24.2 Å². The minimum atomic E-state index is -0.175. The summed E-state index contributed by atoms with van der Waals surface area (Å²) in [7, 11) is 0. The molecular formula is C16H30ClN3O2. The van der Waals surface area contributed by atoms with Crippen LogP contribution in [0.25, 0.3) is 0 Å². The van der Waals surface area contributed by atoms with Gasteiger partial charge in [-0.05, 0) is 32.2 Å². The maximum Gasteiger partial charge on any atom is 0.225 e. The van der Waals surface area contributed by atoms with Crippen molar-refractivity contribution < 1.29 is 9.59 Å². The number of piperidine rings is 1. The van der Waals surface area contributed by atoms with Gasteiger partial charge in [-0.25, -0.2) is 0 Å². The summed E-state index contributed by atoms with van der Waals surface area (Å²) in [5.41, 5.74) is 0. The van der Waals surface area contributed by atoms with Gasteiger partial charge in [-0.3, -0.25) is 9.59 Å². The molecule has 5 nitrogen and oxygen atoms in total. The zero-order valence-electron chi connectivity index (χ0n) is 13.9. The minimum Gasteiger partial charge on any atom is -0.352 e. The first-order valence-corrected chi connectivity index (χ1v) is 8.33. The van der Waals surface area contributed by atoms with Crippen LogP contribution in [0.1, 0.15) is 46.5 Å². The fourth-order valence-corrected chi connectivity index (χ4v) is 3.39. The van der Waals surface area contributed by atoms with Gasteiger partial charge < -0.3 is 15.5 Å². The van der Waals surface area contributed by atoms with Gasteiger partial charge in [0.25, 0.3) is 0 Å². The number of rotatable bonds is 5. The van der Waals surface area contributed by atoms with E-state index in [0.717, 1.165) is 32.4 Å². The summed E-state index contributed by atoms with van der Waals surface area (Å²) >= 11 is 0. The van der Waals surface area contributed by atoms with Crippen LogP contribution in [0.3, 0.4) is 0 Å². The van der Waals surface area contributed by atoms with E-state index >= 15 is 0 Å². The van der Waals surface area contributed by atoms with Crippen LogP contribution in [0, 0.1) is 11.8 Å². The summed E-state index contributed by atoms with van der Waals surface area (Å²) in [5, 5.41) is 6.46. The Morgan fingerprint density at radius 1 is 1.50 bits per heavy atom. The molecule has 4 unspecified atom stereocenters. The highest BCUT2D eigenvalue weighted by Gasteiger charge is 2.37. The Hall–Kier alpha value is -0.810. The standard InChI is InChI=1S/C16H29N3O2.ClH/c1-4-5-12(3)19-10-13(8-15(19)20)16(21)18-14-9-17-7-6-11(14)2;/h11-14,17H,4-10H2,1-3H3,(H,18,21);1H. The van der Waals surface area contributed by atoms with Gasteiger partial charge in [0.15, 0.2) is 0 Å². The molecular weight excluding hydrogens is 302 g/mol. The van der Waals surface area contributed by atoms with Gasteiger partial charge in [0, 0.05) is 31.6 Å². The average molecular weight is 332 g/mol. The molecule has 6 heteroatoms. The Kier molecular flexibility index (Phi) is 7.63. The van der Waals surface area contributed by atoms with Crippen LogP contribution in [-0.4, -0.2) is 48.4 Å². The molecule has 2 heterocycles. The molecule has 2 amide bonds. The van der Waals surface area contributed by atoms with Gasteiger partial charge >= 0.3 is 0 Å². The van der Waals surface area contributed by atoms with E-state index in [1.807, 2.05) is 4.90 Å². The fraction of sp³-hybridized carbons (Fsp3) is 0.875. The van der Waals surface area contributed by atoms with Gasteiger partial charge in [0.05, 0.1) is 5.92 Å². The number of nitrogens with zero attached hydrogens (tertiary/aromatic N) is 1. The second-order valence-electron chi connectivity index (χ2n) is 6.67. The zero-order chi connectivity index (χ0) is 15.4. The molecule has 2 aliphatic rings. The van der Waals surface area contributed by atoms with E-state index in [0.29, 0.717) is 18.9 Å². The van der Waals surface area contributed by atoms with Gasteiger partial charge in [-0.1, -0.05) is 20.3 Å². The summed E-state index contributed by atoms with van der Waals surface area (Å²) < 4.78 is 0. The predicted octanol–water partition coefficient (Wildman–Crippen LogP) is 1.56. The van der Waals surface area contributed by atoms with E-state index in [1.54, 1.807) is 0 Å². The third-order valence-electron chi connectivity index (χ3n) is 4.92. The molecule has 2 N–H and O–H groups in total. The van der Waals surface area contributed by atoms with Gasteiger partial charge in [-0.15, -0.1) is 12.4 Å². The molecule has 2 saturated heterocycles. The van der Waals surface area contributed by atoms with Gasteiger partial charge in [0.2, 0.25) is 11.8 Å². The number of hydrogen-bond donors (Lipinski definition) is 2. The summed E-state index contributed by atoms with van der Waals surface area (Å²) in [6.07, 6.45) is 3.53. The van der Waals surface area contributed by atoms with Crippen LogP contribution in [0.15, 0.2) is 0 Å². The first kappa shape index (κ1) is 19.2. The average Bonchev–Trinajstić information content (AvgIpc) is 2.84. The monoisotopic (exact) mass is 331 g/mol. The molecule has 0 aliphatic carbocycles. The Labute approximate surface area is 140 Å². The molecule has 0 spiro atoms. The molecule has 0 aromatic heterocycles. The van der Waals surface area contributed by atoms with Crippen molar-refractivity contribution in [2.45, 2.75) is 58.5 Å². The highest BCUT2D eigenvalue weighted by molar-refractivity contribution is 5.89. The lowest BCUT2D eigenvalue weighted by Crippen LogP contribution is -2.51. The Bertz CT molecular complexity index is 392. The van der Waals surface area contributed by atoms with Crippen LogP contribution in [0.4, 0.5) is 0 Å². The van der Waals surface area contributed by atoms with Crippen molar-refractivity contribution in [3.63, 3.8) is 0 Å². The molecule has 2 rings (SSSR count). The Balaban J connectivity index is 0.00000242. The molecule has 0 aromatic carbocycles. The first-order valence-electron chi connectivity index (χ1n) is 8.33. The number of likely N-dealkylation sites (tertiary alicyclic amines) is 1. The molecule has 128 valence electrons. The van der Waals surface area contributed by atoms with Crippen molar-refractivity contribution in [1.82, 2.24) is 15.5 Å². The van der Waals surface area contributed by atoms with E-state index in [1.165, 1.54) is 0 Å². The molecule has 0 aromatic rings. The van der Waals surface area contributed by atoms with E-state index < -0.39 is 0 Å². The maximum atomic E-state index is 12.4. The second kappa shape index (κ2) is 8.73. The number of halogens is 1. The lowest BCUT2D eigenvalue weighted by Gasteiger charge is -2.31. The van der Waals surface area contributed by atoms with Crippen molar-refractivity contribution in [2.75, 3.05) is 19.6 Å². The largest absolute Gasteiger partial charge is 0.352 e. The van der Waals surface area contributed by atoms with Crippen molar-refractivity contribution in [3.8, 4) is 0 Å². The molecule has 0 bridgehead atoms. The maximum absolute atomic E-state index is 12.4. The van der Waals surface area contributed by atoms with E-state index in [9.17, 15) is 9.59 Å². The van der Waals surface area contributed by atoms with E-state index in [2.05, 4.69) is 31.4 Å². The number of carbonyl (C=O) groups excluding carboxylic acids is 2. The highest BCUT2D eigenvalue weighted by Crippen LogP contribution is 2.23. The van der Waals surface area contributed by atoms with Gasteiger partial charge in [-0.2, -0.15) is 0 Å². The van der Waals surface area contributed by atoms with Crippen LogP contribution in [0.2, 0.25) is 0 Å². The van der Waals surface area contributed by atoms with Crippen LogP contribution in [0.5, 0.6) is 0 Å². The molecule has 4 atom stereocenters. The highest BCUT2D eigenvalue weighted by atomic mass is 35.5. The number of nitrogens with one attached hydrogen (secondary N) is 2. The van der Waals surface area contributed by atoms with Gasteiger partial charge in [0.1, 0.15) is 0 Å². The molecule has 2 fully saturated rings. The minimum absolute atomic E-state index is 0. The summed E-state index contributed by atoms with van der Waals surface area (Å²) in [6.45, 7) is 8.83. The summed E-state index contributed by atoms with van der Waals surface area (Å²) in [6, 6.07) is 0.444. The molecule has 0 saturated carbocycles. The van der Waals surface area contributed by atoms with Crippen LogP contribution >= 0.6 is 12.4 Å². The van der Waals surface area contributed by atoms with E-state index in [4.69, 9.17) is 0 Å². The zero-order valence-corrected chi connectivity index (χ0v) is 14.7.